The van der Waals surface area contributed by atoms with Gasteiger partial charge in [-0.25, -0.2) is 8.78 Å². The van der Waals surface area contributed by atoms with Crippen LogP contribution in [-0.2, 0) is 0 Å². The molecule has 0 heterocycles. The molecule has 0 aromatic heterocycles. The first-order valence-corrected chi connectivity index (χ1v) is 3.96. The van der Waals surface area contributed by atoms with Crippen LogP contribution < -0.4 is 56.8 Å². The quantitative estimate of drug-likeness (QED) is 0.382. The molecule has 0 fully saturated rings. The van der Waals surface area contributed by atoms with Crippen molar-refractivity contribution < 1.29 is 73.1 Å². The van der Waals surface area contributed by atoms with E-state index in [1.807, 2.05) is 0 Å². The first-order chi connectivity index (χ1) is 5.82. The Bertz CT molecular complexity index is 340. The van der Waals surface area contributed by atoms with Crippen molar-refractivity contribution in [2.75, 3.05) is 0 Å². The van der Waals surface area contributed by atoms with Gasteiger partial charge in [0.15, 0.2) is 11.6 Å². The van der Waals surface area contributed by atoms with Crippen LogP contribution in [-0.4, -0.2) is 6.98 Å². The summed E-state index contributed by atoms with van der Waals surface area (Å²) in [6.07, 6.45) is 0. The van der Waals surface area contributed by atoms with Gasteiger partial charge in [0.1, 0.15) is 0 Å². The summed E-state index contributed by atoms with van der Waals surface area (Å²) in [5.74, 6) is -2.81. The normalized spacial score (nSPS) is 11.0. The van der Waals surface area contributed by atoms with Gasteiger partial charge in [-0.2, -0.15) is 0 Å². The summed E-state index contributed by atoms with van der Waals surface area (Å²) >= 11 is 2.51. The van der Waals surface area contributed by atoms with Gasteiger partial charge in [-0.05, 0) is 16.6 Å². The predicted octanol–water partition coefficient (Wildman–Crippen LogP) is -0.214. The Hall–Kier alpha value is 1.05. The summed E-state index contributed by atoms with van der Waals surface area (Å²) in [6.45, 7) is -5.32. The summed E-state index contributed by atoms with van der Waals surface area (Å²) in [5, 5.41) is 0. The molecule has 1 aromatic rings. The molecule has 0 aliphatic rings. The van der Waals surface area contributed by atoms with Crippen molar-refractivity contribution in [3.63, 3.8) is 0 Å². The Balaban J connectivity index is 0.00000169. The number of hydrogen-bond acceptors (Lipinski definition) is 0. The van der Waals surface area contributed by atoms with E-state index in [-0.39, 0.29) is 57.5 Å². The standard InChI is InChI=1S/C6H2BBrF5.K/c8-4-2-6(10)5(9)1-3(4)7(11,12)13;/h1-2H;/q-1;+1. The van der Waals surface area contributed by atoms with Gasteiger partial charge in [0, 0.05) is 0 Å². The average Bonchev–Trinajstić information content (AvgIpc) is 1.94. The van der Waals surface area contributed by atoms with Gasteiger partial charge >= 0.3 is 58.4 Å². The second kappa shape index (κ2) is 5.40. The summed E-state index contributed by atoms with van der Waals surface area (Å²) in [6, 6.07) is 0.597. The third-order valence-corrected chi connectivity index (χ3v) is 2.08. The Morgan fingerprint density at radius 1 is 1.00 bits per heavy atom. The van der Waals surface area contributed by atoms with Crippen LogP contribution in [0.2, 0.25) is 0 Å². The van der Waals surface area contributed by atoms with E-state index in [0.29, 0.717) is 6.07 Å². The van der Waals surface area contributed by atoms with Gasteiger partial charge < -0.3 is 12.9 Å². The fraction of sp³-hybridized carbons (Fsp3) is 0. The van der Waals surface area contributed by atoms with E-state index in [1.54, 1.807) is 0 Å². The second-order valence-electron chi connectivity index (χ2n) is 2.36. The van der Waals surface area contributed by atoms with Crippen LogP contribution in [0.1, 0.15) is 0 Å². The third-order valence-electron chi connectivity index (χ3n) is 1.39. The Kier molecular flexibility index (Phi) is 5.81. The maximum atomic E-state index is 12.4. The first-order valence-electron chi connectivity index (χ1n) is 3.16. The second-order valence-corrected chi connectivity index (χ2v) is 3.22. The SMILES string of the molecule is Fc1cc(Br)c([B-](F)(F)F)cc1F.[K+]. The summed E-state index contributed by atoms with van der Waals surface area (Å²) in [4.78, 5) is 0. The van der Waals surface area contributed by atoms with E-state index >= 15 is 0 Å². The van der Waals surface area contributed by atoms with Gasteiger partial charge in [-0.3, -0.25) is 0 Å². The molecule has 0 N–H and O–H groups in total. The first kappa shape index (κ1) is 15.1. The Labute approximate surface area is 128 Å². The minimum absolute atomic E-state index is 0. The molecule has 0 saturated carbocycles. The fourth-order valence-electron chi connectivity index (χ4n) is 0.789. The van der Waals surface area contributed by atoms with Crippen LogP contribution in [0.25, 0.3) is 0 Å². The van der Waals surface area contributed by atoms with E-state index in [0.717, 1.165) is 0 Å². The van der Waals surface area contributed by atoms with Gasteiger partial charge in [-0.15, -0.1) is 0 Å². The summed E-state index contributed by atoms with van der Waals surface area (Å²) < 4.78 is 60.6. The predicted molar refractivity (Wildman–Crippen MR) is 42.8 cm³/mol. The topological polar surface area (TPSA) is 0 Å². The van der Waals surface area contributed by atoms with Crippen molar-refractivity contribution in [1.82, 2.24) is 0 Å². The fourth-order valence-corrected chi connectivity index (χ4v) is 1.36. The average molecular weight is 299 g/mol. The minimum atomic E-state index is -5.32. The third kappa shape index (κ3) is 3.57. The van der Waals surface area contributed by atoms with Crippen molar-refractivity contribution in [1.29, 1.82) is 0 Å². The Morgan fingerprint density at radius 3 is 1.86 bits per heavy atom. The molecule has 0 aliphatic heterocycles. The van der Waals surface area contributed by atoms with Gasteiger partial charge in [0.05, 0.1) is 0 Å². The van der Waals surface area contributed by atoms with E-state index in [2.05, 4.69) is 15.9 Å². The molecular weight excluding hydrogens is 297 g/mol. The molecule has 0 bridgehead atoms. The van der Waals surface area contributed by atoms with Crippen LogP contribution in [0.5, 0.6) is 0 Å². The molecule has 0 amide bonds. The van der Waals surface area contributed by atoms with Gasteiger partial charge in [0.2, 0.25) is 0 Å². The largest absolute Gasteiger partial charge is 1.00 e. The van der Waals surface area contributed by atoms with Crippen molar-refractivity contribution in [3.8, 4) is 0 Å². The summed E-state index contributed by atoms with van der Waals surface area (Å²) in [5.41, 5.74) is -1.17. The number of rotatable bonds is 1. The molecule has 0 radical (unpaired) electrons. The maximum Gasteiger partial charge on any atom is 1.00 e. The van der Waals surface area contributed by atoms with Crippen LogP contribution in [0.3, 0.4) is 0 Å². The number of benzene rings is 1. The molecule has 1 aromatic carbocycles. The summed E-state index contributed by atoms with van der Waals surface area (Å²) in [7, 11) is 0. The van der Waals surface area contributed by atoms with Crippen molar-refractivity contribution in [2.45, 2.75) is 0 Å². The van der Waals surface area contributed by atoms with Crippen LogP contribution in [0, 0.1) is 11.6 Å². The Morgan fingerprint density at radius 2 is 1.43 bits per heavy atom. The number of hydrogen-bond donors (Lipinski definition) is 0. The van der Waals surface area contributed by atoms with E-state index in [4.69, 9.17) is 0 Å². The smallest absolute Gasteiger partial charge is 0.445 e. The maximum absolute atomic E-state index is 12.4. The van der Waals surface area contributed by atoms with E-state index < -0.39 is 28.5 Å². The molecule has 72 valence electrons. The molecular formula is C6H2BBrF5K. The molecule has 0 unspecified atom stereocenters. The molecule has 0 saturated heterocycles. The zero-order chi connectivity index (χ0) is 10.2. The van der Waals surface area contributed by atoms with Crippen LogP contribution in [0.4, 0.5) is 21.7 Å². The molecule has 8 heteroatoms. The molecule has 1 rings (SSSR count). The van der Waals surface area contributed by atoms with Crippen molar-refractivity contribution in [2.24, 2.45) is 0 Å². The zero-order valence-corrected chi connectivity index (χ0v) is 11.7. The number of halogens is 6. The van der Waals surface area contributed by atoms with Crippen molar-refractivity contribution >= 4 is 28.4 Å². The van der Waals surface area contributed by atoms with Crippen LogP contribution >= 0.6 is 15.9 Å². The zero-order valence-electron chi connectivity index (χ0n) is 7.00. The van der Waals surface area contributed by atoms with Gasteiger partial charge in [-0.1, -0.05) is 21.4 Å². The molecule has 0 spiro atoms. The molecule has 14 heavy (non-hydrogen) atoms. The van der Waals surface area contributed by atoms with Crippen molar-refractivity contribution in [3.05, 3.63) is 28.2 Å². The molecule has 0 nitrogen and oxygen atoms in total. The minimum Gasteiger partial charge on any atom is -0.445 e. The monoisotopic (exact) mass is 298 g/mol. The van der Waals surface area contributed by atoms with E-state index in [9.17, 15) is 21.7 Å². The molecule has 0 aliphatic carbocycles. The van der Waals surface area contributed by atoms with Gasteiger partial charge in [0.25, 0.3) is 0 Å². The van der Waals surface area contributed by atoms with E-state index in [1.165, 1.54) is 0 Å². The molecule has 0 atom stereocenters. The van der Waals surface area contributed by atoms with Crippen LogP contribution in [0.15, 0.2) is 16.6 Å².